The second kappa shape index (κ2) is 10.2. The average Bonchev–Trinajstić information content (AvgIpc) is 3.57. The van der Waals surface area contributed by atoms with E-state index < -0.39 is 30.0 Å². The minimum atomic E-state index is -1.20. The van der Waals surface area contributed by atoms with Crippen molar-refractivity contribution in [3.63, 3.8) is 0 Å². The fourth-order valence-electron chi connectivity index (χ4n) is 4.94. The molecule has 1 saturated carbocycles. The maximum absolute atomic E-state index is 13.1. The summed E-state index contributed by atoms with van der Waals surface area (Å²) in [5.74, 6) is -1.61. The quantitative estimate of drug-likeness (QED) is 0.589. The number of anilines is 1. The van der Waals surface area contributed by atoms with E-state index in [-0.39, 0.29) is 30.4 Å². The monoisotopic (exact) mass is 524 g/mol. The van der Waals surface area contributed by atoms with E-state index in [1.807, 2.05) is 4.90 Å². The van der Waals surface area contributed by atoms with Crippen LogP contribution in [0.25, 0.3) is 0 Å². The van der Waals surface area contributed by atoms with Crippen LogP contribution in [0, 0.1) is 5.41 Å². The van der Waals surface area contributed by atoms with Gasteiger partial charge in [-0.15, -0.1) is 0 Å². The predicted octanol–water partition coefficient (Wildman–Crippen LogP) is 3.69. The van der Waals surface area contributed by atoms with Gasteiger partial charge >= 0.3 is 12.0 Å². The Labute approximate surface area is 214 Å². The van der Waals surface area contributed by atoms with Crippen molar-refractivity contribution >= 4 is 52.7 Å². The number of hydrogen-bond acceptors (Lipinski definition) is 4. The molecule has 0 radical (unpaired) electrons. The Bertz CT molecular complexity index is 1020. The lowest BCUT2D eigenvalue weighted by atomic mass is 9.93. The van der Waals surface area contributed by atoms with Crippen LogP contribution < -0.4 is 5.32 Å². The summed E-state index contributed by atoms with van der Waals surface area (Å²) < 4.78 is 0. The number of carbonyl (C=O) groups excluding carboxylic acids is 3. The summed E-state index contributed by atoms with van der Waals surface area (Å²) in [5, 5.41) is 13.0. The number of carboxylic acid groups (broad SMARTS) is 1. The molecule has 1 aromatic rings. The van der Waals surface area contributed by atoms with Gasteiger partial charge < -0.3 is 25.1 Å². The number of urea groups is 1. The topological polar surface area (TPSA) is 110 Å². The third kappa shape index (κ3) is 5.67. The smallest absolute Gasteiger partial charge is 0.328 e. The molecule has 35 heavy (non-hydrogen) atoms. The SMILES string of the molecule is CC1C(=O)N(CCCC(=O)N2CCC3(CC2)CC3)C(C(=O)O)CN1C(=O)Nc1ccc(Cl)c(Cl)c1. The van der Waals surface area contributed by atoms with Crippen LogP contribution in [0.4, 0.5) is 10.5 Å². The van der Waals surface area contributed by atoms with Crippen LogP contribution in [0.15, 0.2) is 18.2 Å². The van der Waals surface area contributed by atoms with E-state index in [1.165, 1.54) is 34.8 Å². The fourth-order valence-corrected chi connectivity index (χ4v) is 5.24. The van der Waals surface area contributed by atoms with Gasteiger partial charge in [0.15, 0.2) is 0 Å². The standard InChI is InChI=1S/C24H30Cl2N4O5/c1-15-21(32)29(10-2-3-20(31)28-11-8-24(6-7-24)9-12-28)19(22(33)34)14-30(15)23(35)27-16-4-5-17(25)18(26)13-16/h4-5,13,15,19H,2-3,6-12,14H2,1H3,(H,27,35)(H,33,34). The van der Waals surface area contributed by atoms with Gasteiger partial charge in [-0.2, -0.15) is 0 Å². The van der Waals surface area contributed by atoms with Gasteiger partial charge in [-0.25, -0.2) is 9.59 Å². The lowest BCUT2D eigenvalue weighted by Crippen LogP contribution is -2.65. The third-order valence-electron chi connectivity index (χ3n) is 7.49. The molecule has 0 bridgehead atoms. The average molecular weight is 525 g/mol. The summed E-state index contributed by atoms with van der Waals surface area (Å²) in [6.45, 7) is 3.09. The Morgan fingerprint density at radius 2 is 1.80 bits per heavy atom. The van der Waals surface area contributed by atoms with Crippen LogP contribution in [0.5, 0.6) is 0 Å². The molecular weight excluding hydrogens is 495 g/mol. The van der Waals surface area contributed by atoms with E-state index in [2.05, 4.69) is 5.32 Å². The fraction of sp³-hybridized carbons (Fsp3) is 0.583. The van der Waals surface area contributed by atoms with Crippen molar-refractivity contribution in [2.75, 3.05) is 31.5 Å². The van der Waals surface area contributed by atoms with E-state index in [4.69, 9.17) is 23.2 Å². The van der Waals surface area contributed by atoms with Gasteiger partial charge in [0.2, 0.25) is 11.8 Å². The minimum Gasteiger partial charge on any atom is -0.480 e. The zero-order chi connectivity index (χ0) is 25.3. The number of nitrogens with one attached hydrogen (secondary N) is 1. The number of halogens is 2. The zero-order valence-electron chi connectivity index (χ0n) is 19.6. The molecule has 2 saturated heterocycles. The first kappa shape index (κ1) is 25.6. The van der Waals surface area contributed by atoms with Crippen LogP contribution in [-0.2, 0) is 14.4 Å². The molecule has 4 amide bonds. The predicted molar refractivity (Wildman–Crippen MR) is 132 cm³/mol. The Morgan fingerprint density at radius 3 is 2.40 bits per heavy atom. The normalized spacial score (nSPS) is 23.4. The van der Waals surface area contributed by atoms with Crippen molar-refractivity contribution in [3.05, 3.63) is 28.2 Å². The highest BCUT2D eigenvalue weighted by atomic mass is 35.5. The van der Waals surface area contributed by atoms with Gasteiger partial charge in [-0.1, -0.05) is 23.2 Å². The second-order valence-electron chi connectivity index (χ2n) is 9.76. The molecule has 2 aliphatic heterocycles. The minimum absolute atomic E-state index is 0.0486. The Morgan fingerprint density at radius 1 is 1.11 bits per heavy atom. The number of piperazine rings is 1. The first-order valence-corrected chi connectivity index (χ1v) is 12.7. The van der Waals surface area contributed by atoms with Crippen molar-refractivity contribution in [1.29, 1.82) is 0 Å². The number of carbonyl (C=O) groups is 4. The highest BCUT2D eigenvalue weighted by Crippen LogP contribution is 2.53. The van der Waals surface area contributed by atoms with Crippen LogP contribution in [-0.4, -0.2) is 81.9 Å². The summed E-state index contributed by atoms with van der Waals surface area (Å²) in [6, 6.07) is 1.90. The van der Waals surface area contributed by atoms with Crippen LogP contribution in [0.2, 0.25) is 10.0 Å². The largest absolute Gasteiger partial charge is 0.480 e. The van der Waals surface area contributed by atoms with Gasteiger partial charge in [0.05, 0.1) is 16.6 Å². The highest BCUT2D eigenvalue weighted by Gasteiger charge is 2.45. The number of amides is 4. The summed E-state index contributed by atoms with van der Waals surface area (Å²) in [6.07, 6.45) is 5.29. The number of likely N-dealkylation sites (tertiary alicyclic amines) is 1. The summed E-state index contributed by atoms with van der Waals surface area (Å²) in [5.41, 5.74) is 0.863. The Balaban J connectivity index is 1.33. The lowest BCUT2D eigenvalue weighted by Gasteiger charge is -2.42. The molecule has 2 unspecified atom stereocenters. The maximum Gasteiger partial charge on any atom is 0.328 e. The van der Waals surface area contributed by atoms with E-state index in [0.29, 0.717) is 22.5 Å². The second-order valence-corrected chi connectivity index (χ2v) is 10.6. The molecule has 1 aliphatic carbocycles. The molecule has 11 heteroatoms. The van der Waals surface area contributed by atoms with Crippen molar-refractivity contribution in [2.45, 2.75) is 57.5 Å². The lowest BCUT2D eigenvalue weighted by molar-refractivity contribution is -0.157. The van der Waals surface area contributed by atoms with Crippen molar-refractivity contribution in [3.8, 4) is 0 Å². The molecule has 2 heterocycles. The van der Waals surface area contributed by atoms with E-state index in [9.17, 15) is 24.3 Å². The molecule has 0 aromatic heterocycles. The summed E-state index contributed by atoms with van der Waals surface area (Å²) in [7, 11) is 0. The van der Waals surface area contributed by atoms with Gasteiger partial charge in [-0.3, -0.25) is 9.59 Å². The summed E-state index contributed by atoms with van der Waals surface area (Å²) in [4.78, 5) is 54.9. The zero-order valence-corrected chi connectivity index (χ0v) is 21.1. The van der Waals surface area contributed by atoms with Crippen molar-refractivity contribution in [1.82, 2.24) is 14.7 Å². The van der Waals surface area contributed by atoms with E-state index in [1.54, 1.807) is 13.0 Å². The summed E-state index contributed by atoms with van der Waals surface area (Å²) >= 11 is 11.9. The first-order valence-electron chi connectivity index (χ1n) is 11.9. The number of hydrogen-bond donors (Lipinski definition) is 2. The molecule has 1 aromatic carbocycles. The molecular formula is C24H30Cl2N4O5. The maximum atomic E-state index is 13.1. The number of rotatable bonds is 6. The van der Waals surface area contributed by atoms with Gasteiger partial charge in [0, 0.05) is 31.7 Å². The number of aliphatic carboxylic acids is 1. The molecule has 3 fully saturated rings. The molecule has 9 nitrogen and oxygen atoms in total. The van der Waals surface area contributed by atoms with Crippen LogP contribution in [0.1, 0.15) is 45.4 Å². The Hall–Kier alpha value is -2.52. The van der Waals surface area contributed by atoms with E-state index in [0.717, 1.165) is 25.9 Å². The molecule has 2 atom stereocenters. The molecule has 2 N–H and O–H groups in total. The van der Waals surface area contributed by atoms with Gasteiger partial charge in [-0.05, 0) is 62.6 Å². The van der Waals surface area contributed by atoms with Crippen molar-refractivity contribution < 1.29 is 24.3 Å². The number of benzene rings is 1. The third-order valence-corrected chi connectivity index (χ3v) is 8.23. The first-order chi connectivity index (χ1) is 16.6. The number of carboxylic acids is 1. The number of nitrogens with zero attached hydrogens (tertiary/aromatic N) is 3. The number of piperidine rings is 1. The molecule has 1 spiro atoms. The molecule has 4 rings (SSSR count). The van der Waals surface area contributed by atoms with Gasteiger partial charge in [0.1, 0.15) is 12.1 Å². The molecule has 3 aliphatic rings. The molecule has 190 valence electrons. The van der Waals surface area contributed by atoms with Crippen LogP contribution >= 0.6 is 23.2 Å². The van der Waals surface area contributed by atoms with Crippen molar-refractivity contribution in [2.24, 2.45) is 5.41 Å². The van der Waals surface area contributed by atoms with E-state index >= 15 is 0 Å². The Kier molecular flexibility index (Phi) is 7.47. The van der Waals surface area contributed by atoms with Crippen LogP contribution in [0.3, 0.4) is 0 Å². The van der Waals surface area contributed by atoms with Gasteiger partial charge in [0.25, 0.3) is 0 Å². The highest BCUT2D eigenvalue weighted by molar-refractivity contribution is 6.42.